The minimum Gasteiger partial charge on any atom is -0.447 e. The van der Waals surface area contributed by atoms with E-state index in [2.05, 4.69) is 26.1 Å². The lowest BCUT2D eigenvalue weighted by Crippen LogP contribution is -2.46. The van der Waals surface area contributed by atoms with E-state index >= 15 is 0 Å². The Bertz CT molecular complexity index is 712. The quantitative estimate of drug-likeness (QED) is 0.913. The van der Waals surface area contributed by atoms with Crippen molar-refractivity contribution in [3.8, 4) is 0 Å². The van der Waals surface area contributed by atoms with Crippen molar-refractivity contribution in [3.63, 3.8) is 0 Å². The number of amides is 2. The molecule has 5 nitrogen and oxygen atoms in total. The first-order valence-corrected chi connectivity index (χ1v) is 9.18. The molecule has 1 aromatic rings. The maximum atomic E-state index is 12.7. The van der Waals surface area contributed by atoms with Gasteiger partial charge in [0, 0.05) is 17.3 Å². The molecule has 2 amide bonds. The van der Waals surface area contributed by atoms with Crippen LogP contribution in [0.2, 0.25) is 0 Å². The molecule has 2 bridgehead atoms. The van der Waals surface area contributed by atoms with Crippen molar-refractivity contribution in [2.24, 2.45) is 16.7 Å². The van der Waals surface area contributed by atoms with Gasteiger partial charge in [-0.05, 0) is 60.3 Å². The Morgan fingerprint density at radius 1 is 1.24 bits per heavy atom. The Morgan fingerprint density at radius 3 is 2.48 bits per heavy atom. The van der Waals surface area contributed by atoms with Gasteiger partial charge in [0.15, 0.2) is 0 Å². The molecule has 2 aliphatic carbocycles. The Labute approximate surface area is 148 Å². The molecule has 0 radical (unpaired) electrons. The molecule has 3 fully saturated rings. The van der Waals surface area contributed by atoms with E-state index in [0.717, 1.165) is 12.1 Å². The Morgan fingerprint density at radius 2 is 1.96 bits per heavy atom. The highest BCUT2D eigenvalue weighted by Gasteiger charge is 2.61. The molecule has 0 aromatic heterocycles. The molecule has 3 atom stereocenters. The number of carbonyl (C=O) groups excluding carboxylic acids is 2. The summed E-state index contributed by atoms with van der Waals surface area (Å²) in [4.78, 5) is 25.9. The van der Waals surface area contributed by atoms with E-state index in [1.165, 1.54) is 12.8 Å². The Kier molecular flexibility index (Phi) is 3.60. The number of nitrogens with one attached hydrogen (secondary N) is 1. The van der Waals surface area contributed by atoms with Gasteiger partial charge in [0.2, 0.25) is 0 Å². The summed E-state index contributed by atoms with van der Waals surface area (Å²) in [6, 6.07) is 7.44. The van der Waals surface area contributed by atoms with Gasteiger partial charge in [0.05, 0.1) is 6.54 Å². The van der Waals surface area contributed by atoms with Crippen molar-refractivity contribution in [1.29, 1.82) is 0 Å². The molecule has 134 valence electrons. The number of ether oxygens (including phenoxy) is 1. The number of nitrogens with zero attached hydrogens (tertiary/aromatic N) is 1. The van der Waals surface area contributed by atoms with Crippen LogP contribution < -0.4 is 10.2 Å². The standard InChI is InChI=1S/C20H26N2O3/c1-19(2)14-8-9-20(19,3)16(12-14)21-17(23)13-4-6-15(7-5-13)22-10-11-25-18(22)24/h4-7,14,16H,8-12H2,1-3H3,(H,21,23)/t14-,16-,20-/m0/s1. The second-order valence-electron chi connectivity index (χ2n) is 8.45. The summed E-state index contributed by atoms with van der Waals surface area (Å²) >= 11 is 0. The average Bonchev–Trinajstić information content (AvgIpc) is 3.16. The lowest BCUT2D eigenvalue weighted by molar-refractivity contribution is 0.0826. The molecule has 1 aromatic carbocycles. The highest BCUT2D eigenvalue weighted by molar-refractivity contribution is 5.96. The van der Waals surface area contributed by atoms with Gasteiger partial charge in [-0.3, -0.25) is 9.69 Å². The fourth-order valence-corrected chi connectivity index (χ4v) is 5.08. The average molecular weight is 342 g/mol. The monoisotopic (exact) mass is 342 g/mol. The van der Waals surface area contributed by atoms with Crippen LogP contribution in [0.15, 0.2) is 24.3 Å². The minimum atomic E-state index is -0.325. The third kappa shape index (κ3) is 2.35. The first kappa shape index (κ1) is 16.4. The van der Waals surface area contributed by atoms with Crippen molar-refractivity contribution < 1.29 is 14.3 Å². The first-order valence-electron chi connectivity index (χ1n) is 9.18. The summed E-state index contributed by atoms with van der Waals surface area (Å²) in [5, 5.41) is 3.28. The number of hydrogen-bond donors (Lipinski definition) is 1. The number of carbonyl (C=O) groups is 2. The molecule has 0 unspecified atom stereocenters. The van der Waals surface area contributed by atoms with E-state index in [0.29, 0.717) is 24.6 Å². The van der Waals surface area contributed by atoms with Gasteiger partial charge >= 0.3 is 6.09 Å². The molecule has 25 heavy (non-hydrogen) atoms. The zero-order valence-corrected chi connectivity index (χ0v) is 15.2. The predicted octanol–water partition coefficient (Wildman–Crippen LogP) is 3.59. The summed E-state index contributed by atoms with van der Waals surface area (Å²) in [7, 11) is 0. The topological polar surface area (TPSA) is 58.6 Å². The summed E-state index contributed by atoms with van der Waals surface area (Å²) in [5.41, 5.74) is 1.87. The van der Waals surface area contributed by atoms with Crippen LogP contribution in [0.4, 0.5) is 10.5 Å². The number of cyclic esters (lactones) is 1. The number of anilines is 1. The van der Waals surface area contributed by atoms with Gasteiger partial charge in [-0.15, -0.1) is 0 Å². The number of rotatable bonds is 3. The summed E-state index contributed by atoms with van der Waals surface area (Å²) in [6.45, 7) is 7.99. The summed E-state index contributed by atoms with van der Waals surface area (Å²) < 4.78 is 4.95. The third-order valence-electron chi connectivity index (χ3n) is 7.30. The summed E-state index contributed by atoms with van der Waals surface area (Å²) in [5.74, 6) is 0.677. The number of benzene rings is 1. The van der Waals surface area contributed by atoms with Crippen LogP contribution in [0.3, 0.4) is 0 Å². The molecule has 1 aliphatic heterocycles. The maximum Gasteiger partial charge on any atom is 0.414 e. The van der Waals surface area contributed by atoms with Crippen molar-refractivity contribution in [3.05, 3.63) is 29.8 Å². The molecular weight excluding hydrogens is 316 g/mol. The van der Waals surface area contributed by atoms with Crippen LogP contribution >= 0.6 is 0 Å². The fourth-order valence-electron chi connectivity index (χ4n) is 5.08. The van der Waals surface area contributed by atoms with Gasteiger partial charge in [0.25, 0.3) is 5.91 Å². The van der Waals surface area contributed by atoms with Crippen LogP contribution in [0.5, 0.6) is 0 Å². The van der Waals surface area contributed by atoms with Gasteiger partial charge in [-0.25, -0.2) is 4.79 Å². The smallest absolute Gasteiger partial charge is 0.414 e. The normalized spacial score (nSPS) is 32.8. The SMILES string of the molecule is CC1(C)[C@H]2CC[C@@]1(C)[C@@H](NC(=O)c1ccc(N3CCOC3=O)cc1)C2. The molecule has 1 N–H and O–H groups in total. The maximum absolute atomic E-state index is 12.7. The highest BCUT2D eigenvalue weighted by Crippen LogP contribution is 2.65. The predicted molar refractivity (Wildman–Crippen MR) is 95.6 cm³/mol. The molecular formula is C20H26N2O3. The van der Waals surface area contributed by atoms with Crippen molar-refractivity contribution in [2.75, 3.05) is 18.1 Å². The van der Waals surface area contributed by atoms with Crippen LogP contribution in [0.1, 0.15) is 50.4 Å². The van der Waals surface area contributed by atoms with Crippen LogP contribution in [0.25, 0.3) is 0 Å². The van der Waals surface area contributed by atoms with Gasteiger partial charge < -0.3 is 10.1 Å². The van der Waals surface area contributed by atoms with E-state index in [1.807, 2.05) is 12.1 Å². The number of fused-ring (bicyclic) bond motifs is 2. The Balaban J connectivity index is 1.46. The van der Waals surface area contributed by atoms with Gasteiger partial charge in [-0.1, -0.05) is 20.8 Å². The summed E-state index contributed by atoms with van der Waals surface area (Å²) in [6.07, 6.45) is 3.21. The van der Waals surface area contributed by atoms with Crippen molar-refractivity contribution >= 4 is 17.7 Å². The largest absolute Gasteiger partial charge is 0.447 e. The fraction of sp³-hybridized carbons (Fsp3) is 0.600. The lowest BCUT2D eigenvalue weighted by atomic mass is 9.69. The van der Waals surface area contributed by atoms with Crippen LogP contribution in [-0.2, 0) is 4.74 Å². The van der Waals surface area contributed by atoms with Crippen molar-refractivity contribution in [1.82, 2.24) is 5.32 Å². The zero-order chi connectivity index (χ0) is 17.8. The van der Waals surface area contributed by atoms with E-state index < -0.39 is 0 Å². The molecule has 1 saturated heterocycles. The molecule has 5 heteroatoms. The first-order chi connectivity index (χ1) is 11.8. The number of hydrogen-bond acceptors (Lipinski definition) is 3. The molecule has 2 saturated carbocycles. The van der Waals surface area contributed by atoms with Gasteiger partial charge in [0.1, 0.15) is 6.61 Å². The van der Waals surface area contributed by atoms with Crippen molar-refractivity contribution in [2.45, 2.75) is 46.1 Å². The van der Waals surface area contributed by atoms with Crippen LogP contribution in [0, 0.1) is 16.7 Å². The second kappa shape index (κ2) is 5.48. The minimum absolute atomic E-state index is 0.0230. The van der Waals surface area contributed by atoms with E-state index in [1.54, 1.807) is 17.0 Å². The molecule has 4 rings (SSSR count). The molecule has 1 heterocycles. The van der Waals surface area contributed by atoms with Crippen LogP contribution in [-0.4, -0.2) is 31.2 Å². The van der Waals surface area contributed by atoms with E-state index in [4.69, 9.17) is 4.74 Å². The van der Waals surface area contributed by atoms with E-state index in [9.17, 15) is 9.59 Å². The highest BCUT2D eigenvalue weighted by atomic mass is 16.6. The lowest BCUT2D eigenvalue weighted by Gasteiger charge is -2.39. The second-order valence-corrected chi connectivity index (χ2v) is 8.45. The molecule has 0 spiro atoms. The van der Waals surface area contributed by atoms with Gasteiger partial charge in [-0.2, -0.15) is 0 Å². The zero-order valence-electron chi connectivity index (χ0n) is 15.2. The molecule has 3 aliphatic rings. The van der Waals surface area contributed by atoms with E-state index in [-0.39, 0.29) is 28.9 Å². The third-order valence-corrected chi connectivity index (χ3v) is 7.30. The Hall–Kier alpha value is -2.04.